The highest BCUT2D eigenvalue weighted by atomic mass is 31.1. The Bertz CT molecular complexity index is 394. The molecule has 1 saturated heterocycles. The lowest BCUT2D eigenvalue weighted by molar-refractivity contribution is 0.0962. The van der Waals surface area contributed by atoms with E-state index >= 15 is 0 Å². The van der Waals surface area contributed by atoms with Gasteiger partial charge in [0.2, 0.25) is 0 Å². The molecule has 1 aliphatic heterocycles. The van der Waals surface area contributed by atoms with Gasteiger partial charge in [-0.25, -0.2) is 4.39 Å². The second-order valence-electron chi connectivity index (χ2n) is 3.49. The van der Waals surface area contributed by atoms with Gasteiger partial charge < -0.3 is 9.05 Å². The van der Waals surface area contributed by atoms with Crippen LogP contribution in [0.2, 0.25) is 0 Å². The van der Waals surface area contributed by atoms with Gasteiger partial charge in [-0.05, 0) is 30.2 Å². The van der Waals surface area contributed by atoms with Crippen LogP contribution in [0, 0.1) is 12.7 Å². The van der Waals surface area contributed by atoms with Crippen molar-refractivity contribution in [2.45, 2.75) is 19.4 Å². The molecule has 0 amide bonds. The summed E-state index contributed by atoms with van der Waals surface area (Å²) in [5.41, 5.74) is 1.70. The number of hydrogen-bond donors (Lipinski definition) is 0. The predicted molar refractivity (Wildman–Crippen MR) is 54.5 cm³/mol. The normalized spacial score (nSPS) is 26.5. The maximum atomic E-state index is 13.0. The Morgan fingerprint density at radius 3 is 3.07 bits per heavy atom. The minimum Gasteiger partial charge on any atom is -0.311 e. The molecule has 1 aromatic rings. The summed E-state index contributed by atoms with van der Waals surface area (Å²) in [7, 11) is -2.39. The van der Waals surface area contributed by atoms with Crippen LogP contribution in [0.5, 0.6) is 0 Å². The molecule has 2 atom stereocenters. The molecule has 0 bridgehead atoms. The third-order valence-electron chi connectivity index (χ3n) is 2.43. The minimum atomic E-state index is -2.39. The Morgan fingerprint density at radius 1 is 1.53 bits per heavy atom. The lowest BCUT2D eigenvalue weighted by atomic mass is 10.0. The Morgan fingerprint density at radius 2 is 2.33 bits per heavy atom. The first-order chi connectivity index (χ1) is 7.16. The first kappa shape index (κ1) is 10.8. The molecular formula is C10H12FO3P. The maximum absolute atomic E-state index is 13.0. The van der Waals surface area contributed by atoms with Gasteiger partial charge in [-0.2, -0.15) is 0 Å². The zero-order chi connectivity index (χ0) is 10.8. The van der Waals surface area contributed by atoms with E-state index < -0.39 is 8.25 Å². The van der Waals surface area contributed by atoms with Gasteiger partial charge in [0.1, 0.15) is 5.82 Å². The van der Waals surface area contributed by atoms with Crippen molar-refractivity contribution in [2.24, 2.45) is 0 Å². The van der Waals surface area contributed by atoms with Crippen LogP contribution in [0.15, 0.2) is 18.2 Å². The summed E-state index contributed by atoms with van der Waals surface area (Å²) < 4.78 is 34.1. The van der Waals surface area contributed by atoms with Gasteiger partial charge in [0.15, 0.2) is 0 Å². The van der Waals surface area contributed by atoms with E-state index in [1.54, 1.807) is 6.07 Å². The van der Waals surface area contributed by atoms with Gasteiger partial charge in [0, 0.05) is 6.42 Å². The molecule has 0 N–H and O–H groups in total. The summed E-state index contributed by atoms with van der Waals surface area (Å²) in [6.45, 7) is 2.28. The van der Waals surface area contributed by atoms with Crippen LogP contribution in [0.25, 0.3) is 0 Å². The summed E-state index contributed by atoms with van der Waals surface area (Å²) in [5, 5.41) is 0. The van der Waals surface area contributed by atoms with Crippen molar-refractivity contribution in [3.8, 4) is 0 Å². The second kappa shape index (κ2) is 4.44. The van der Waals surface area contributed by atoms with Gasteiger partial charge in [0.05, 0.1) is 12.7 Å². The Kier molecular flexibility index (Phi) is 3.19. The predicted octanol–water partition coefficient (Wildman–Crippen LogP) is 3.00. The molecule has 0 spiro atoms. The highest BCUT2D eigenvalue weighted by Crippen LogP contribution is 2.40. The van der Waals surface area contributed by atoms with E-state index in [4.69, 9.17) is 9.05 Å². The Hall–Kier alpha value is -0.700. The fraction of sp³-hybridized carbons (Fsp3) is 0.400. The van der Waals surface area contributed by atoms with Crippen LogP contribution in [0.1, 0.15) is 23.7 Å². The number of aryl methyl sites for hydroxylation is 1. The van der Waals surface area contributed by atoms with E-state index in [1.807, 2.05) is 6.92 Å². The molecule has 0 aliphatic carbocycles. The SMILES string of the molecule is Cc1ccc(F)cc1C1CCO[PH](=O)O1. The molecule has 15 heavy (non-hydrogen) atoms. The zero-order valence-corrected chi connectivity index (χ0v) is 9.33. The molecule has 1 aromatic carbocycles. The minimum absolute atomic E-state index is 0.301. The summed E-state index contributed by atoms with van der Waals surface area (Å²) >= 11 is 0. The van der Waals surface area contributed by atoms with E-state index in [0.29, 0.717) is 13.0 Å². The molecule has 3 nitrogen and oxygen atoms in total. The van der Waals surface area contributed by atoms with Gasteiger partial charge >= 0.3 is 8.25 Å². The molecule has 2 unspecified atom stereocenters. The van der Waals surface area contributed by atoms with Gasteiger partial charge in [-0.15, -0.1) is 0 Å². The summed E-state index contributed by atoms with van der Waals surface area (Å²) in [6, 6.07) is 4.53. The van der Waals surface area contributed by atoms with E-state index in [0.717, 1.165) is 11.1 Å². The van der Waals surface area contributed by atoms with E-state index in [9.17, 15) is 8.96 Å². The third kappa shape index (κ3) is 2.46. The first-order valence-corrected chi connectivity index (χ1v) is 5.99. The quantitative estimate of drug-likeness (QED) is 0.695. The lowest BCUT2D eigenvalue weighted by Gasteiger charge is -2.23. The summed E-state index contributed by atoms with van der Waals surface area (Å²) in [6.07, 6.45) is 0.307. The van der Waals surface area contributed by atoms with Crippen LogP contribution in [0.4, 0.5) is 4.39 Å². The van der Waals surface area contributed by atoms with Crippen LogP contribution in [-0.4, -0.2) is 6.61 Å². The number of halogens is 1. The fourth-order valence-corrected chi connectivity index (χ4v) is 2.47. The lowest BCUT2D eigenvalue weighted by Crippen LogP contribution is -2.10. The first-order valence-electron chi connectivity index (χ1n) is 4.76. The standard InChI is InChI=1S/C10H12FO3P/c1-7-2-3-8(11)6-9(7)10-4-5-13-15(12)14-10/h2-3,6,10,15H,4-5H2,1H3. The van der Waals surface area contributed by atoms with Crippen molar-refractivity contribution < 1.29 is 18.0 Å². The van der Waals surface area contributed by atoms with Crippen molar-refractivity contribution >= 4 is 8.25 Å². The number of hydrogen-bond acceptors (Lipinski definition) is 3. The Balaban J connectivity index is 2.27. The zero-order valence-electron chi connectivity index (χ0n) is 8.33. The van der Waals surface area contributed by atoms with Crippen molar-refractivity contribution in [3.05, 3.63) is 35.1 Å². The molecule has 1 fully saturated rings. The van der Waals surface area contributed by atoms with Gasteiger partial charge in [-0.1, -0.05) is 6.07 Å². The second-order valence-corrected chi connectivity index (χ2v) is 4.52. The van der Waals surface area contributed by atoms with Crippen LogP contribution in [-0.2, 0) is 13.6 Å². The highest BCUT2D eigenvalue weighted by molar-refractivity contribution is 7.33. The molecule has 5 heteroatoms. The van der Waals surface area contributed by atoms with Crippen molar-refractivity contribution in [1.29, 1.82) is 0 Å². The van der Waals surface area contributed by atoms with Crippen LogP contribution >= 0.6 is 8.25 Å². The van der Waals surface area contributed by atoms with Crippen molar-refractivity contribution in [3.63, 3.8) is 0 Å². The molecule has 0 aromatic heterocycles. The van der Waals surface area contributed by atoms with Crippen LogP contribution < -0.4 is 0 Å². The van der Waals surface area contributed by atoms with Gasteiger partial charge in [-0.3, -0.25) is 4.57 Å². The molecule has 2 rings (SSSR count). The molecule has 0 radical (unpaired) electrons. The smallest absolute Gasteiger partial charge is 0.311 e. The molecule has 0 saturated carbocycles. The van der Waals surface area contributed by atoms with Crippen LogP contribution in [0.3, 0.4) is 0 Å². The molecular weight excluding hydrogens is 218 g/mol. The average Bonchev–Trinajstić information content (AvgIpc) is 2.22. The molecule has 1 heterocycles. The maximum Gasteiger partial charge on any atom is 0.319 e. The van der Waals surface area contributed by atoms with Gasteiger partial charge in [0.25, 0.3) is 0 Å². The Labute approximate surface area is 88.2 Å². The molecule has 82 valence electrons. The third-order valence-corrected chi connectivity index (χ3v) is 3.34. The van der Waals surface area contributed by atoms with Crippen molar-refractivity contribution in [1.82, 2.24) is 0 Å². The number of benzene rings is 1. The largest absolute Gasteiger partial charge is 0.319 e. The monoisotopic (exact) mass is 230 g/mol. The van der Waals surface area contributed by atoms with E-state index in [2.05, 4.69) is 0 Å². The highest BCUT2D eigenvalue weighted by Gasteiger charge is 2.22. The average molecular weight is 230 g/mol. The van der Waals surface area contributed by atoms with E-state index in [1.165, 1.54) is 12.1 Å². The van der Waals surface area contributed by atoms with E-state index in [-0.39, 0.29) is 11.9 Å². The summed E-state index contributed by atoms with van der Waals surface area (Å²) in [5.74, 6) is -0.301. The number of rotatable bonds is 1. The molecule has 1 aliphatic rings. The summed E-state index contributed by atoms with van der Waals surface area (Å²) in [4.78, 5) is 0. The topological polar surface area (TPSA) is 35.5 Å². The van der Waals surface area contributed by atoms with Crippen molar-refractivity contribution in [2.75, 3.05) is 6.61 Å². The fourth-order valence-electron chi connectivity index (χ4n) is 1.64.